The molecule has 0 saturated heterocycles. The van der Waals surface area contributed by atoms with Gasteiger partial charge in [-0.1, -0.05) is 33.9 Å². The first-order chi connectivity index (χ1) is 9.14. The summed E-state index contributed by atoms with van der Waals surface area (Å²) in [5.41, 5.74) is 0. The topological polar surface area (TPSA) is 27.7 Å². The minimum Gasteiger partial charge on any atom is -0.374 e. The molecular weight excluding hydrogens is 304 g/mol. The van der Waals surface area contributed by atoms with Crippen molar-refractivity contribution in [3.8, 4) is 0 Å². The third kappa shape index (κ3) is 6.62. The summed E-state index contributed by atoms with van der Waals surface area (Å²) in [7, 11) is -3.75. The van der Waals surface area contributed by atoms with Crippen molar-refractivity contribution in [3.05, 3.63) is 0 Å². The predicted molar refractivity (Wildman–Crippen MR) is 95.1 cm³/mol. The van der Waals surface area contributed by atoms with Crippen LogP contribution in [-0.2, 0) is 13.3 Å². The van der Waals surface area contributed by atoms with Gasteiger partial charge in [0.2, 0.25) is 0 Å². The molecule has 0 spiro atoms. The van der Waals surface area contributed by atoms with E-state index in [1.165, 1.54) is 0 Å². The van der Waals surface area contributed by atoms with Crippen LogP contribution in [0.1, 0.15) is 41.5 Å². The van der Waals surface area contributed by atoms with Crippen molar-refractivity contribution in [2.75, 3.05) is 25.6 Å². The van der Waals surface area contributed by atoms with Crippen LogP contribution in [0.3, 0.4) is 0 Å². The Morgan fingerprint density at radius 1 is 0.850 bits per heavy atom. The van der Waals surface area contributed by atoms with Gasteiger partial charge >= 0.3 is 8.80 Å². The molecule has 6 heteroatoms. The molecule has 0 saturated carbocycles. The Balaban J connectivity index is 4.60. The fourth-order valence-electron chi connectivity index (χ4n) is 1.65. The van der Waals surface area contributed by atoms with Crippen molar-refractivity contribution < 1.29 is 13.3 Å². The normalized spacial score (nSPS) is 13.8. The zero-order valence-corrected chi connectivity index (χ0v) is 17.5. The van der Waals surface area contributed by atoms with Gasteiger partial charge in [0.1, 0.15) is 7.22 Å². The van der Waals surface area contributed by atoms with Gasteiger partial charge in [-0.05, 0) is 31.6 Å². The molecule has 3 nitrogen and oxygen atoms in total. The van der Waals surface area contributed by atoms with Crippen LogP contribution >= 0.6 is 11.2 Å². The number of hydrogen-bond donors (Lipinski definition) is 0. The van der Waals surface area contributed by atoms with Crippen LogP contribution in [0.2, 0.25) is 24.2 Å². The second-order valence-electron chi connectivity index (χ2n) is 6.34. The maximum absolute atomic E-state index is 5.91. The lowest BCUT2D eigenvalue weighted by atomic mass is 10.2. The molecule has 20 heavy (non-hydrogen) atoms. The summed E-state index contributed by atoms with van der Waals surface area (Å²) in [6.07, 6.45) is 0. The Kier molecular flexibility index (Phi) is 9.25. The summed E-state index contributed by atoms with van der Waals surface area (Å²) in [4.78, 5) is 0. The second kappa shape index (κ2) is 8.95. The van der Waals surface area contributed by atoms with E-state index >= 15 is 0 Å². The van der Waals surface area contributed by atoms with Crippen LogP contribution in [-0.4, -0.2) is 41.6 Å². The quantitative estimate of drug-likeness (QED) is 0.536. The van der Waals surface area contributed by atoms with Crippen molar-refractivity contribution in [1.29, 1.82) is 0 Å². The summed E-state index contributed by atoms with van der Waals surface area (Å²) in [6.45, 7) is 20.0. The van der Waals surface area contributed by atoms with Gasteiger partial charge in [0.25, 0.3) is 0 Å². The highest BCUT2D eigenvalue weighted by Gasteiger charge is 2.42. The molecular formula is C14H34O3SSi2. The molecule has 0 bridgehead atoms. The van der Waals surface area contributed by atoms with E-state index in [0.29, 0.717) is 24.9 Å². The maximum atomic E-state index is 5.91. The Labute approximate surface area is 132 Å². The molecule has 0 unspecified atom stereocenters. The Hall–Kier alpha value is 0.664. The fourth-order valence-corrected chi connectivity index (χ4v) is 9.75. The zero-order chi connectivity index (χ0) is 15.9. The minimum atomic E-state index is -2.45. The van der Waals surface area contributed by atoms with E-state index in [1.807, 2.05) is 20.8 Å². The van der Waals surface area contributed by atoms with Crippen molar-refractivity contribution in [2.24, 2.45) is 0 Å². The van der Waals surface area contributed by atoms with Crippen LogP contribution in [0, 0.1) is 0 Å². The Morgan fingerprint density at radius 2 is 1.25 bits per heavy atom. The molecule has 0 fully saturated rings. The van der Waals surface area contributed by atoms with Crippen LogP contribution in [0.15, 0.2) is 0 Å². The van der Waals surface area contributed by atoms with Gasteiger partial charge in [-0.25, -0.2) is 0 Å². The molecule has 0 aliphatic carbocycles. The van der Waals surface area contributed by atoms with Crippen molar-refractivity contribution >= 4 is 27.2 Å². The van der Waals surface area contributed by atoms with Crippen LogP contribution in [0.5, 0.6) is 0 Å². The molecule has 0 heterocycles. The van der Waals surface area contributed by atoms with E-state index in [1.54, 1.807) is 0 Å². The SMILES string of the molecule is CCO[Si](CCS[Si](C)(C)C(C)(C)C)(OCC)OCC. The fraction of sp³-hybridized carbons (Fsp3) is 1.00. The lowest BCUT2D eigenvalue weighted by Crippen LogP contribution is -2.47. The van der Waals surface area contributed by atoms with E-state index in [9.17, 15) is 0 Å². The summed E-state index contributed by atoms with van der Waals surface area (Å²) in [6, 6.07) is 0.916. The van der Waals surface area contributed by atoms with Crippen molar-refractivity contribution in [3.63, 3.8) is 0 Å². The molecule has 0 aromatic rings. The number of rotatable bonds is 10. The van der Waals surface area contributed by atoms with E-state index in [4.69, 9.17) is 13.3 Å². The molecule has 0 N–H and O–H groups in total. The molecule has 0 aromatic carbocycles. The standard InChI is InChI=1S/C14H34O3SSi2/c1-9-15-20(16-10-2,17-11-3)13-12-18-19(7,8)14(4,5)6/h9-13H2,1-8H3. The van der Waals surface area contributed by atoms with Gasteiger partial charge in [-0.3, -0.25) is 0 Å². The van der Waals surface area contributed by atoms with Gasteiger partial charge in [-0.15, -0.1) is 0 Å². The molecule has 0 aliphatic rings. The predicted octanol–water partition coefficient (Wildman–Crippen LogP) is 4.77. The third-order valence-electron chi connectivity index (χ3n) is 3.77. The molecule has 0 atom stereocenters. The van der Waals surface area contributed by atoms with Gasteiger partial charge in [0.05, 0.1) is 0 Å². The minimum absolute atomic E-state index is 0.407. The van der Waals surface area contributed by atoms with Gasteiger partial charge < -0.3 is 13.3 Å². The van der Waals surface area contributed by atoms with Gasteiger partial charge in [0.15, 0.2) is 0 Å². The van der Waals surface area contributed by atoms with Gasteiger partial charge in [-0.2, -0.15) is 11.2 Å². The summed E-state index contributed by atoms with van der Waals surface area (Å²) < 4.78 is 17.7. The summed E-state index contributed by atoms with van der Waals surface area (Å²) >= 11 is 2.12. The lowest BCUT2D eigenvalue weighted by molar-refractivity contribution is 0.0729. The highest BCUT2D eigenvalue weighted by atomic mass is 32.4. The molecule has 122 valence electrons. The highest BCUT2D eigenvalue weighted by Crippen LogP contribution is 2.43. The first-order valence-electron chi connectivity index (χ1n) is 7.70. The maximum Gasteiger partial charge on any atom is 0.501 e. The lowest BCUT2D eigenvalue weighted by Gasteiger charge is -2.37. The van der Waals surface area contributed by atoms with Gasteiger partial charge in [0, 0.05) is 25.9 Å². The molecule has 0 aromatic heterocycles. The molecule has 0 radical (unpaired) electrons. The summed E-state index contributed by atoms with van der Waals surface area (Å²) in [5.74, 6) is 1.07. The van der Waals surface area contributed by atoms with Crippen LogP contribution in [0.25, 0.3) is 0 Å². The zero-order valence-electron chi connectivity index (χ0n) is 14.7. The smallest absolute Gasteiger partial charge is 0.374 e. The van der Waals surface area contributed by atoms with E-state index in [0.717, 1.165) is 11.8 Å². The average molecular weight is 339 g/mol. The van der Waals surface area contributed by atoms with Crippen LogP contribution in [0.4, 0.5) is 0 Å². The molecule has 0 aliphatic heterocycles. The van der Waals surface area contributed by atoms with Crippen molar-refractivity contribution in [2.45, 2.75) is 65.7 Å². The number of hydrogen-bond acceptors (Lipinski definition) is 4. The molecule has 0 rings (SSSR count). The highest BCUT2D eigenvalue weighted by molar-refractivity contribution is 8.29. The molecule has 0 amide bonds. The van der Waals surface area contributed by atoms with E-state index < -0.39 is 16.0 Å². The van der Waals surface area contributed by atoms with Crippen LogP contribution < -0.4 is 0 Å². The monoisotopic (exact) mass is 338 g/mol. The van der Waals surface area contributed by atoms with E-state index in [2.05, 4.69) is 45.1 Å². The largest absolute Gasteiger partial charge is 0.501 e. The second-order valence-corrected chi connectivity index (χ2v) is 18.2. The Bertz CT molecular complexity index is 251. The first kappa shape index (κ1) is 20.7. The van der Waals surface area contributed by atoms with E-state index in [-0.39, 0.29) is 0 Å². The van der Waals surface area contributed by atoms with Crippen molar-refractivity contribution in [1.82, 2.24) is 0 Å². The average Bonchev–Trinajstić information content (AvgIpc) is 2.28. The third-order valence-corrected chi connectivity index (χ3v) is 16.5. The first-order valence-corrected chi connectivity index (χ1v) is 14.3. The Morgan fingerprint density at radius 3 is 1.55 bits per heavy atom. The summed E-state index contributed by atoms with van der Waals surface area (Å²) in [5, 5.41) is 0.407.